The SMILES string of the molecule is C[C@H](CCC(=O)O)[C@H]1CC[C@H]2[C@@H]3[C@@H](O)C[C@@H]4C[C@H](O)CC[C@]4(C)[C@H]3CC[C@]12C.[Ca+2]. The molecule has 4 saturated carbocycles. The molecular weight excluding hydrogens is 392 g/mol. The minimum Gasteiger partial charge on any atom is -0.481 e. The van der Waals surface area contributed by atoms with Gasteiger partial charge in [0.05, 0.1) is 12.2 Å². The first-order valence-electron chi connectivity index (χ1n) is 11.7. The van der Waals surface area contributed by atoms with E-state index in [0.717, 1.165) is 32.1 Å². The molecule has 0 bridgehead atoms. The topological polar surface area (TPSA) is 77.8 Å². The fourth-order valence-electron chi connectivity index (χ4n) is 8.73. The summed E-state index contributed by atoms with van der Waals surface area (Å²) in [7, 11) is 0. The van der Waals surface area contributed by atoms with Crippen LogP contribution in [0.5, 0.6) is 0 Å². The fourth-order valence-corrected chi connectivity index (χ4v) is 8.73. The van der Waals surface area contributed by atoms with Crippen LogP contribution in [0.1, 0.15) is 85.0 Å². The van der Waals surface area contributed by atoms with Gasteiger partial charge in [0, 0.05) is 6.42 Å². The summed E-state index contributed by atoms with van der Waals surface area (Å²) < 4.78 is 0. The second kappa shape index (κ2) is 8.89. The van der Waals surface area contributed by atoms with E-state index in [4.69, 9.17) is 5.11 Å². The zero-order chi connectivity index (χ0) is 20.3. The molecule has 0 amide bonds. The van der Waals surface area contributed by atoms with Crippen LogP contribution >= 0.6 is 0 Å². The predicted molar refractivity (Wildman–Crippen MR) is 114 cm³/mol. The Hall–Kier alpha value is 0.650. The molecule has 0 aliphatic heterocycles. The van der Waals surface area contributed by atoms with Crippen molar-refractivity contribution in [2.75, 3.05) is 0 Å². The Balaban J connectivity index is 0.00000240. The number of fused-ring (bicyclic) bond motifs is 5. The van der Waals surface area contributed by atoms with Crippen molar-refractivity contribution in [2.24, 2.45) is 46.3 Å². The van der Waals surface area contributed by atoms with Crippen molar-refractivity contribution in [2.45, 2.75) is 97.2 Å². The van der Waals surface area contributed by atoms with Crippen LogP contribution < -0.4 is 0 Å². The summed E-state index contributed by atoms with van der Waals surface area (Å²) in [4.78, 5) is 11.1. The normalized spacial score (nSPS) is 49.9. The van der Waals surface area contributed by atoms with Crippen molar-refractivity contribution in [3.8, 4) is 0 Å². The van der Waals surface area contributed by atoms with Crippen molar-refractivity contribution in [1.82, 2.24) is 0 Å². The zero-order valence-corrected chi connectivity index (χ0v) is 20.9. The van der Waals surface area contributed by atoms with Gasteiger partial charge in [0.15, 0.2) is 0 Å². The summed E-state index contributed by atoms with van der Waals surface area (Å²) >= 11 is 0. The van der Waals surface area contributed by atoms with Gasteiger partial charge in [0.25, 0.3) is 0 Å². The van der Waals surface area contributed by atoms with Gasteiger partial charge in [-0.3, -0.25) is 4.79 Å². The third-order valence-corrected chi connectivity index (χ3v) is 10.2. The molecule has 0 aromatic heterocycles. The molecule has 4 rings (SSSR count). The van der Waals surface area contributed by atoms with Gasteiger partial charge in [-0.05, 0) is 104 Å². The number of carbonyl (C=O) groups is 1. The molecule has 0 unspecified atom stereocenters. The van der Waals surface area contributed by atoms with E-state index in [1.165, 1.54) is 25.7 Å². The average molecular weight is 433 g/mol. The first-order valence-corrected chi connectivity index (χ1v) is 11.7. The van der Waals surface area contributed by atoms with Crippen LogP contribution in [0.15, 0.2) is 0 Å². The first-order chi connectivity index (χ1) is 13.2. The van der Waals surface area contributed by atoms with Crippen LogP contribution in [0.4, 0.5) is 0 Å². The smallest absolute Gasteiger partial charge is 0.481 e. The molecule has 0 aromatic carbocycles. The molecule has 3 N–H and O–H groups in total. The van der Waals surface area contributed by atoms with Crippen molar-refractivity contribution in [3.05, 3.63) is 0 Å². The van der Waals surface area contributed by atoms with E-state index in [-0.39, 0.29) is 67.2 Å². The van der Waals surface area contributed by atoms with Gasteiger partial charge in [-0.15, -0.1) is 0 Å². The van der Waals surface area contributed by atoms with E-state index < -0.39 is 5.97 Å². The number of aliphatic hydroxyl groups is 2. The Morgan fingerprint density at radius 2 is 1.66 bits per heavy atom. The third kappa shape index (κ3) is 4.08. The Kier molecular flexibility index (Phi) is 7.44. The van der Waals surface area contributed by atoms with E-state index in [0.29, 0.717) is 35.5 Å². The van der Waals surface area contributed by atoms with Crippen LogP contribution in [-0.4, -0.2) is 71.2 Å². The van der Waals surface area contributed by atoms with E-state index in [1.54, 1.807) is 0 Å². The molecule has 0 saturated heterocycles. The van der Waals surface area contributed by atoms with Gasteiger partial charge in [-0.2, -0.15) is 0 Å². The summed E-state index contributed by atoms with van der Waals surface area (Å²) in [6, 6.07) is 0. The number of aliphatic hydroxyl groups excluding tert-OH is 2. The quantitative estimate of drug-likeness (QED) is 0.585. The number of hydrogen-bond donors (Lipinski definition) is 3. The fraction of sp³-hybridized carbons (Fsp3) is 0.958. The number of carboxylic acid groups (broad SMARTS) is 1. The number of rotatable bonds is 4. The summed E-state index contributed by atoms with van der Waals surface area (Å²) in [5.74, 6) is 2.36. The standard InChI is InChI=1S/C24H40O4.Ca/c1-14(4-7-21(27)28)17-5-6-18-22-19(9-11-24(17,18)3)23(2)10-8-16(25)12-15(23)13-20(22)26;/h14-20,22,25-26H,4-13H2,1-3H3,(H,27,28);/q;+2/t14-,15+,16-,17-,18+,19+,20+,22+,23+,24-;/m1./s1. The summed E-state index contributed by atoms with van der Waals surface area (Å²) in [5.41, 5.74) is 0.523. The van der Waals surface area contributed by atoms with Crippen molar-refractivity contribution >= 4 is 43.7 Å². The van der Waals surface area contributed by atoms with Gasteiger partial charge in [0.1, 0.15) is 0 Å². The summed E-state index contributed by atoms with van der Waals surface area (Å²) in [6.07, 6.45) is 9.19. The molecule has 5 heteroatoms. The molecule has 4 nitrogen and oxygen atoms in total. The van der Waals surface area contributed by atoms with Crippen molar-refractivity contribution in [3.63, 3.8) is 0 Å². The average Bonchev–Trinajstić information content (AvgIpc) is 2.98. The Morgan fingerprint density at radius 3 is 2.34 bits per heavy atom. The molecule has 160 valence electrons. The molecule has 4 aliphatic rings. The summed E-state index contributed by atoms with van der Waals surface area (Å²) in [5, 5.41) is 30.5. The molecule has 10 atom stereocenters. The molecule has 0 heterocycles. The first kappa shape index (κ1) is 24.3. The van der Waals surface area contributed by atoms with Crippen molar-refractivity contribution in [1.29, 1.82) is 0 Å². The van der Waals surface area contributed by atoms with Crippen molar-refractivity contribution < 1.29 is 20.1 Å². The molecular formula is C24H40CaO4+2. The van der Waals surface area contributed by atoms with Crippen LogP contribution in [0, 0.1) is 46.3 Å². The van der Waals surface area contributed by atoms with Crippen LogP contribution in [0.3, 0.4) is 0 Å². The Labute approximate surface area is 206 Å². The maximum atomic E-state index is 11.2. The van der Waals surface area contributed by atoms with Crippen LogP contribution in [0.25, 0.3) is 0 Å². The molecule has 4 fully saturated rings. The van der Waals surface area contributed by atoms with E-state index >= 15 is 0 Å². The molecule has 0 radical (unpaired) electrons. The van der Waals surface area contributed by atoms with Gasteiger partial charge in [-0.25, -0.2) is 0 Å². The van der Waals surface area contributed by atoms with Gasteiger partial charge < -0.3 is 15.3 Å². The number of hydrogen-bond acceptors (Lipinski definition) is 3. The number of aliphatic carboxylic acids is 1. The van der Waals surface area contributed by atoms with E-state index in [2.05, 4.69) is 20.8 Å². The minimum atomic E-state index is -0.684. The third-order valence-electron chi connectivity index (χ3n) is 10.2. The van der Waals surface area contributed by atoms with Crippen LogP contribution in [0.2, 0.25) is 0 Å². The minimum absolute atomic E-state index is 0. The monoisotopic (exact) mass is 432 g/mol. The Bertz CT molecular complexity index is 612. The maximum absolute atomic E-state index is 11.2. The van der Waals surface area contributed by atoms with Gasteiger partial charge >= 0.3 is 43.7 Å². The van der Waals surface area contributed by atoms with Gasteiger partial charge in [0.2, 0.25) is 0 Å². The number of carboxylic acids is 1. The second-order valence-electron chi connectivity index (χ2n) is 11.4. The predicted octanol–water partition coefficient (Wildman–Crippen LogP) is 4.10. The molecule has 29 heavy (non-hydrogen) atoms. The Morgan fingerprint density at radius 1 is 1.00 bits per heavy atom. The van der Waals surface area contributed by atoms with Gasteiger partial charge in [-0.1, -0.05) is 20.8 Å². The molecule has 0 aromatic rings. The summed E-state index contributed by atoms with van der Waals surface area (Å²) in [6.45, 7) is 7.16. The second-order valence-corrected chi connectivity index (χ2v) is 11.4. The maximum Gasteiger partial charge on any atom is 2.00 e. The van der Waals surface area contributed by atoms with Crippen LogP contribution in [-0.2, 0) is 4.79 Å². The molecule has 4 aliphatic carbocycles. The zero-order valence-electron chi connectivity index (χ0n) is 18.6. The molecule has 0 spiro atoms. The van der Waals surface area contributed by atoms with E-state index in [9.17, 15) is 15.0 Å². The largest absolute Gasteiger partial charge is 2.00 e. The van der Waals surface area contributed by atoms with E-state index in [1.807, 2.05) is 0 Å².